The van der Waals surface area contributed by atoms with E-state index in [0.29, 0.717) is 26.6 Å². The highest BCUT2D eigenvalue weighted by atomic mass is 35.5. The Labute approximate surface area is 182 Å². The van der Waals surface area contributed by atoms with E-state index in [4.69, 9.17) is 22.8 Å². The van der Waals surface area contributed by atoms with Crippen LogP contribution in [-0.2, 0) is 9.59 Å². The van der Waals surface area contributed by atoms with E-state index in [9.17, 15) is 9.59 Å². The molecule has 4 rings (SSSR count). The number of nitrogen functional groups attached to an aromatic ring is 1. The topological polar surface area (TPSA) is 96.8 Å². The molecule has 0 spiro atoms. The number of piperazine rings is 1. The summed E-state index contributed by atoms with van der Waals surface area (Å²) < 4.78 is 50.2. The van der Waals surface area contributed by atoms with Crippen molar-refractivity contribution in [2.75, 3.05) is 23.6 Å². The lowest BCUT2D eigenvalue weighted by Gasteiger charge is -2.45. The summed E-state index contributed by atoms with van der Waals surface area (Å²) in [6, 6.07) is 5.09. The van der Waals surface area contributed by atoms with Gasteiger partial charge in [0.15, 0.2) is 5.82 Å². The number of rotatable bonds is 2. The van der Waals surface area contributed by atoms with Crippen LogP contribution in [0.2, 0.25) is 5.02 Å². The average molecular weight is 435 g/mol. The quantitative estimate of drug-likeness (QED) is 0.668. The predicted octanol–water partition coefficient (Wildman–Crippen LogP) is 2.74. The van der Waals surface area contributed by atoms with Gasteiger partial charge in [-0.15, -0.1) is 0 Å². The maximum atomic E-state index is 15.1. The Hall–Kier alpha value is -3.20. The Morgan fingerprint density at radius 1 is 1.33 bits per heavy atom. The fraction of sp³-hybridized carbons (Fsp3) is 0.300. The van der Waals surface area contributed by atoms with Gasteiger partial charge in [0.25, 0.3) is 5.91 Å². The van der Waals surface area contributed by atoms with Crippen molar-refractivity contribution in [3.8, 4) is 11.3 Å². The first-order valence-corrected chi connectivity index (χ1v) is 9.25. The summed E-state index contributed by atoms with van der Waals surface area (Å²) in [6.07, 6.45) is 1.20. The van der Waals surface area contributed by atoms with E-state index in [-0.39, 0.29) is 10.8 Å². The van der Waals surface area contributed by atoms with Crippen LogP contribution in [0.5, 0.6) is 0 Å². The van der Waals surface area contributed by atoms with E-state index in [2.05, 4.69) is 10.1 Å². The summed E-state index contributed by atoms with van der Waals surface area (Å²) in [5.41, 5.74) is 4.52. The van der Waals surface area contributed by atoms with Crippen molar-refractivity contribution in [3.05, 3.63) is 41.4 Å². The second kappa shape index (κ2) is 6.94. The van der Waals surface area contributed by atoms with Gasteiger partial charge in [0.05, 0.1) is 21.9 Å². The third-order valence-corrected chi connectivity index (χ3v) is 5.18. The number of carbonyl (C=O) groups is 2. The summed E-state index contributed by atoms with van der Waals surface area (Å²) in [5, 5.41) is 4.33. The Kier molecular flexibility index (Phi) is 3.61. The fourth-order valence-corrected chi connectivity index (χ4v) is 3.65. The minimum atomic E-state index is -3.11. The first-order chi connectivity index (χ1) is 15.6. The molecule has 3 heterocycles. The molecule has 3 aromatic rings. The molecule has 0 radical (unpaired) electrons. The van der Waals surface area contributed by atoms with Crippen LogP contribution in [0.15, 0.2) is 30.6 Å². The Morgan fingerprint density at radius 3 is 2.77 bits per heavy atom. The van der Waals surface area contributed by atoms with E-state index in [1.54, 1.807) is 0 Å². The van der Waals surface area contributed by atoms with Crippen molar-refractivity contribution in [1.82, 2.24) is 19.5 Å². The van der Waals surface area contributed by atoms with Crippen molar-refractivity contribution in [3.63, 3.8) is 0 Å². The van der Waals surface area contributed by atoms with Crippen molar-refractivity contribution >= 4 is 40.4 Å². The van der Waals surface area contributed by atoms with Crippen LogP contribution in [-0.4, -0.2) is 49.8 Å². The number of nitrogens with two attached hydrogens (primary N) is 1. The molecule has 0 atom stereocenters. The van der Waals surface area contributed by atoms with Gasteiger partial charge >= 0.3 is 0 Å². The van der Waals surface area contributed by atoms with Gasteiger partial charge in [-0.3, -0.25) is 9.59 Å². The van der Waals surface area contributed by atoms with Crippen molar-refractivity contribution in [1.29, 1.82) is 0 Å². The van der Waals surface area contributed by atoms with Gasteiger partial charge in [-0.25, -0.2) is 13.9 Å². The number of hydrogen-bond donors (Lipinski definition) is 1. The molecule has 1 aliphatic rings. The first kappa shape index (κ1) is 15.6. The number of fused-ring (bicyclic) bond motifs is 1. The molecular formula is C20H20ClFN6O2. The first-order valence-electron chi connectivity index (χ1n) is 10.9. The number of anilines is 2. The van der Waals surface area contributed by atoms with Crippen LogP contribution in [0.3, 0.4) is 0 Å². The van der Waals surface area contributed by atoms with Gasteiger partial charge in [-0.1, -0.05) is 11.6 Å². The standard InChI is InChI=1S/C20H20ClFN6O2/c1-11(29)27-7-6-26(19(30)20(27,2)3)16-8-12(4-5-14(16)22)15-9-13(21)17-18(23)24-10-25-28(15)17/h4-5,8-10H,6-7H2,1-3H3,(H2,23,24,25)/i6D2,7D2. The van der Waals surface area contributed by atoms with E-state index in [1.807, 2.05) is 0 Å². The number of aromatic nitrogens is 3. The lowest BCUT2D eigenvalue weighted by Crippen LogP contribution is -2.64. The minimum absolute atomic E-state index is 0.107. The minimum Gasteiger partial charge on any atom is -0.382 e. The predicted molar refractivity (Wildman–Crippen MR) is 112 cm³/mol. The molecule has 1 aromatic carbocycles. The summed E-state index contributed by atoms with van der Waals surface area (Å²) >= 11 is 6.28. The zero-order valence-corrected chi connectivity index (χ0v) is 17.0. The average Bonchev–Trinajstić information content (AvgIpc) is 3.05. The highest BCUT2D eigenvalue weighted by Gasteiger charge is 2.44. The van der Waals surface area contributed by atoms with Crippen LogP contribution in [0.1, 0.15) is 26.3 Å². The summed E-state index contributed by atoms with van der Waals surface area (Å²) in [4.78, 5) is 30.5. The fourth-order valence-electron chi connectivity index (χ4n) is 3.37. The maximum absolute atomic E-state index is 15.1. The third kappa shape index (κ3) is 2.97. The van der Waals surface area contributed by atoms with E-state index in [0.717, 1.165) is 13.0 Å². The van der Waals surface area contributed by atoms with Crippen LogP contribution in [0, 0.1) is 5.82 Å². The molecule has 0 aliphatic carbocycles. The molecule has 2 amide bonds. The van der Waals surface area contributed by atoms with Gasteiger partial charge in [0, 0.05) is 25.5 Å². The number of halogens is 2. The van der Waals surface area contributed by atoms with Crippen LogP contribution >= 0.6 is 11.6 Å². The molecule has 8 nitrogen and oxygen atoms in total. The molecule has 0 unspecified atom stereocenters. The molecule has 30 heavy (non-hydrogen) atoms. The van der Waals surface area contributed by atoms with Crippen LogP contribution in [0.25, 0.3) is 16.8 Å². The Morgan fingerprint density at radius 2 is 2.07 bits per heavy atom. The highest BCUT2D eigenvalue weighted by molar-refractivity contribution is 6.35. The summed E-state index contributed by atoms with van der Waals surface area (Å²) in [6.45, 7) is -2.51. The summed E-state index contributed by atoms with van der Waals surface area (Å²) in [5.74, 6) is -2.70. The van der Waals surface area contributed by atoms with Crippen LogP contribution in [0.4, 0.5) is 15.9 Å². The number of nitrogens with zero attached hydrogens (tertiary/aromatic N) is 5. The van der Waals surface area contributed by atoms with Crippen molar-refractivity contribution in [2.24, 2.45) is 0 Å². The van der Waals surface area contributed by atoms with Gasteiger partial charge < -0.3 is 15.5 Å². The second-order valence-corrected chi connectivity index (χ2v) is 7.63. The molecular weight excluding hydrogens is 411 g/mol. The molecule has 1 fully saturated rings. The van der Waals surface area contributed by atoms with E-state index >= 15 is 4.39 Å². The third-order valence-electron chi connectivity index (χ3n) is 4.89. The van der Waals surface area contributed by atoms with Crippen LogP contribution < -0.4 is 10.6 Å². The second-order valence-electron chi connectivity index (χ2n) is 7.23. The Bertz CT molecular complexity index is 1360. The SMILES string of the molecule is [2H]C1([2H])N(c2cc(-c3cc(Cl)c4c(N)ncnn34)ccc2F)C(=O)C(C)(C)N(C(C)=O)C1([2H])[2H]. The number of hydrogen-bond acceptors (Lipinski definition) is 5. The molecule has 2 N–H and O–H groups in total. The molecule has 0 saturated carbocycles. The normalized spacial score (nSPS) is 21.7. The van der Waals surface area contributed by atoms with E-state index in [1.165, 1.54) is 42.9 Å². The highest BCUT2D eigenvalue weighted by Crippen LogP contribution is 2.35. The monoisotopic (exact) mass is 434 g/mol. The zero-order valence-electron chi connectivity index (χ0n) is 20.3. The van der Waals surface area contributed by atoms with Crippen molar-refractivity contribution in [2.45, 2.75) is 26.3 Å². The zero-order chi connectivity index (χ0) is 25.4. The molecule has 1 saturated heterocycles. The van der Waals surface area contributed by atoms with Gasteiger partial charge in [-0.2, -0.15) is 5.10 Å². The molecule has 2 aromatic heterocycles. The Balaban J connectivity index is 1.94. The largest absolute Gasteiger partial charge is 0.382 e. The number of benzene rings is 1. The smallest absolute Gasteiger partial charge is 0.252 e. The number of carbonyl (C=O) groups excluding carboxylic acids is 2. The van der Waals surface area contributed by atoms with Gasteiger partial charge in [0.1, 0.15) is 23.2 Å². The molecule has 10 heteroatoms. The molecule has 1 aliphatic heterocycles. The van der Waals surface area contributed by atoms with Gasteiger partial charge in [-0.05, 0) is 38.1 Å². The lowest BCUT2D eigenvalue weighted by atomic mass is 9.96. The molecule has 156 valence electrons. The number of amides is 2. The maximum Gasteiger partial charge on any atom is 0.252 e. The van der Waals surface area contributed by atoms with E-state index < -0.39 is 41.9 Å². The lowest BCUT2D eigenvalue weighted by molar-refractivity contribution is -0.145. The molecule has 0 bridgehead atoms. The van der Waals surface area contributed by atoms with Crippen molar-refractivity contribution < 1.29 is 19.5 Å². The van der Waals surface area contributed by atoms with Gasteiger partial charge in [0.2, 0.25) is 5.91 Å². The summed E-state index contributed by atoms with van der Waals surface area (Å²) in [7, 11) is 0.